The summed E-state index contributed by atoms with van der Waals surface area (Å²) < 4.78 is 0.890. The number of unbranched alkanes of at least 4 members (excludes halogenated alkanes) is 3. The maximum Gasteiger partial charge on any atom is 0.296 e. The molecule has 1 aromatic rings. The number of hydrogen-bond donors (Lipinski definition) is 0. The predicted molar refractivity (Wildman–Crippen MR) is 90.3 cm³/mol. The molecule has 0 aliphatic carbocycles. The van der Waals surface area contributed by atoms with Crippen molar-refractivity contribution in [2.75, 3.05) is 18.0 Å². The summed E-state index contributed by atoms with van der Waals surface area (Å²) in [5, 5.41) is 11.5. The van der Waals surface area contributed by atoms with E-state index < -0.39 is 0 Å². The number of benzene rings is 1. The molecule has 0 spiro atoms. The molecule has 21 heavy (non-hydrogen) atoms. The van der Waals surface area contributed by atoms with Gasteiger partial charge in [0.05, 0.1) is 4.92 Å². The number of fused-ring (bicyclic) bond motifs is 1. The number of hydrogen-bond acceptors (Lipinski definition) is 3. The molecular weight excluding hydrogens is 332 g/mol. The van der Waals surface area contributed by atoms with E-state index in [1.807, 2.05) is 6.92 Å². The van der Waals surface area contributed by atoms with Crippen LogP contribution in [-0.2, 0) is 6.42 Å². The van der Waals surface area contributed by atoms with Crippen molar-refractivity contribution in [2.45, 2.75) is 52.9 Å². The highest BCUT2D eigenvalue weighted by Gasteiger charge is 2.33. The highest BCUT2D eigenvalue weighted by atomic mass is 79.9. The lowest BCUT2D eigenvalue weighted by atomic mass is 10.0. The van der Waals surface area contributed by atoms with Crippen LogP contribution in [0, 0.1) is 24.0 Å². The van der Waals surface area contributed by atoms with E-state index in [4.69, 9.17) is 0 Å². The number of nitrogens with zero attached hydrogens (tertiary/aromatic N) is 2. The second-order valence-corrected chi connectivity index (χ2v) is 6.59. The van der Waals surface area contributed by atoms with Crippen LogP contribution in [0.15, 0.2) is 4.47 Å². The first-order valence-electron chi connectivity index (χ1n) is 7.69. The standard InChI is InChI=1S/C16H23BrN2O2/c1-4-5-6-7-9-18-10-8-13-11(2)14(17)12(3)15(16(13)18)19(20)21/h4-10H2,1-3H3. The second kappa shape index (κ2) is 6.77. The minimum absolute atomic E-state index is 0.220. The molecule has 0 saturated carbocycles. The molecule has 0 atom stereocenters. The third-order valence-electron chi connectivity index (χ3n) is 4.39. The fourth-order valence-electron chi connectivity index (χ4n) is 3.20. The molecule has 0 bridgehead atoms. The number of halogens is 1. The van der Waals surface area contributed by atoms with Crippen LogP contribution in [0.4, 0.5) is 11.4 Å². The summed E-state index contributed by atoms with van der Waals surface area (Å²) in [5.74, 6) is 0. The van der Waals surface area contributed by atoms with Crippen molar-refractivity contribution in [1.82, 2.24) is 0 Å². The van der Waals surface area contributed by atoms with Crippen molar-refractivity contribution < 1.29 is 4.92 Å². The molecule has 0 amide bonds. The summed E-state index contributed by atoms with van der Waals surface area (Å²) in [6.07, 6.45) is 5.67. The van der Waals surface area contributed by atoms with Crippen molar-refractivity contribution in [3.8, 4) is 0 Å². The summed E-state index contributed by atoms with van der Waals surface area (Å²) >= 11 is 3.52. The first-order chi connectivity index (χ1) is 9.99. The SMILES string of the molecule is CCCCCCN1CCc2c(C)c(Br)c(C)c([N+](=O)[O-])c21. The Morgan fingerprint density at radius 1 is 1.24 bits per heavy atom. The molecule has 0 unspecified atom stereocenters. The number of anilines is 1. The van der Waals surface area contributed by atoms with Gasteiger partial charge in [-0.1, -0.05) is 26.2 Å². The normalized spacial score (nSPS) is 13.6. The average molecular weight is 355 g/mol. The molecular formula is C16H23BrN2O2. The number of nitro groups is 1. The van der Waals surface area contributed by atoms with Gasteiger partial charge in [-0.25, -0.2) is 0 Å². The predicted octanol–water partition coefficient (Wildman–Crippen LogP) is 4.92. The highest BCUT2D eigenvalue weighted by Crippen LogP contribution is 2.45. The molecule has 5 heteroatoms. The van der Waals surface area contributed by atoms with Crippen molar-refractivity contribution in [2.24, 2.45) is 0 Å². The average Bonchev–Trinajstić information content (AvgIpc) is 2.85. The van der Waals surface area contributed by atoms with E-state index in [0.29, 0.717) is 0 Å². The minimum atomic E-state index is -0.220. The molecule has 116 valence electrons. The Kier molecular flexibility index (Phi) is 5.25. The number of nitro benzene ring substituents is 1. The van der Waals surface area contributed by atoms with Crippen LogP contribution < -0.4 is 4.90 Å². The van der Waals surface area contributed by atoms with Gasteiger partial charge in [-0.2, -0.15) is 0 Å². The van der Waals surface area contributed by atoms with Crippen molar-refractivity contribution >= 4 is 27.3 Å². The summed E-state index contributed by atoms with van der Waals surface area (Å²) in [5.41, 5.74) is 4.21. The van der Waals surface area contributed by atoms with E-state index in [9.17, 15) is 10.1 Å². The van der Waals surface area contributed by atoms with Gasteiger partial charge in [0.15, 0.2) is 0 Å². The summed E-state index contributed by atoms with van der Waals surface area (Å²) in [7, 11) is 0. The third-order valence-corrected chi connectivity index (χ3v) is 5.58. The van der Waals surface area contributed by atoms with E-state index >= 15 is 0 Å². The van der Waals surface area contributed by atoms with E-state index in [-0.39, 0.29) is 10.6 Å². The quantitative estimate of drug-likeness (QED) is 0.413. The Bertz CT molecular complexity index is 558. The van der Waals surface area contributed by atoms with Crippen LogP contribution in [0.1, 0.15) is 49.3 Å². The van der Waals surface area contributed by atoms with Crippen molar-refractivity contribution in [3.63, 3.8) is 0 Å². The Hall–Kier alpha value is -1.10. The van der Waals surface area contributed by atoms with Gasteiger partial charge in [0.1, 0.15) is 5.69 Å². The van der Waals surface area contributed by atoms with Crippen LogP contribution >= 0.6 is 15.9 Å². The first kappa shape index (κ1) is 16.3. The van der Waals surface area contributed by atoms with Gasteiger partial charge >= 0.3 is 0 Å². The second-order valence-electron chi connectivity index (χ2n) is 5.79. The molecule has 1 aliphatic heterocycles. The molecule has 0 saturated heterocycles. The van der Waals surface area contributed by atoms with Crippen molar-refractivity contribution in [3.05, 3.63) is 31.3 Å². The van der Waals surface area contributed by atoms with Gasteiger partial charge < -0.3 is 4.90 Å². The monoisotopic (exact) mass is 354 g/mol. The topological polar surface area (TPSA) is 46.4 Å². The zero-order valence-corrected chi connectivity index (χ0v) is 14.6. The molecule has 1 heterocycles. The maximum absolute atomic E-state index is 11.5. The molecule has 0 N–H and O–H groups in total. The Balaban J connectivity index is 2.35. The molecule has 4 nitrogen and oxygen atoms in total. The van der Waals surface area contributed by atoms with Gasteiger partial charge in [-0.3, -0.25) is 10.1 Å². The van der Waals surface area contributed by atoms with E-state index in [0.717, 1.165) is 52.8 Å². The lowest BCUT2D eigenvalue weighted by molar-refractivity contribution is -0.384. The highest BCUT2D eigenvalue weighted by molar-refractivity contribution is 9.10. The number of rotatable bonds is 6. The Morgan fingerprint density at radius 3 is 2.57 bits per heavy atom. The fourth-order valence-corrected chi connectivity index (χ4v) is 3.62. The van der Waals surface area contributed by atoms with E-state index in [2.05, 4.69) is 34.7 Å². The summed E-state index contributed by atoms with van der Waals surface area (Å²) in [4.78, 5) is 13.5. The van der Waals surface area contributed by atoms with Crippen LogP contribution in [0.3, 0.4) is 0 Å². The lowest BCUT2D eigenvalue weighted by Crippen LogP contribution is -2.22. The Labute approximate surface area is 134 Å². The van der Waals surface area contributed by atoms with Gasteiger partial charge in [0.25, 0.3) is 5.69 Å². The molecule has 0 radical (unpaired) electrons. The lowest BCUT2D eigenvalue weighted by Gasteiger charge is -2.21. The zero-order chi connectivity index (χ0) is 15.6. The first-order valence-corrected chi connectivity index (χ1v) is 8.49. The van der Waals surface area contributed by atoms with Crippen molar-refractivity contribution in [1.29, 1.82) is 0 Å². The minimum Gasteiger partial charge on any atom is -0.365 e. The maximum atomic E-state index is 11.5. The van der Waals surface area contributed by atoms with Crippen LogP contribution in [0.25, 0.3) is 0 Å². The molecule has 1 aliphatic rings. The molecule has 1 aromatic carbocycles. The largest absolute Gasteiger partial charge is 0.365 e. The smallest absolute Gasteiger partial charge is 0.296 e. The van der Waals surface area contributed by atoms with Gasteiger partial charge in [0.2, 0.25) is 0 Å². The fraction of sp³-hybridized carbons (Fsp3) is 0.625. The summed E-state index contributed by atoms with van der Waals surface area (Å²) in [6.45, 7) is 7.91. The van der Waals surface area contributed by atoms with Gasteiger partial charge in [-0.15, -0.1) is 0 Å². The summed E-state index contributed by atoms with van der Waals surface area (Å²) in [6, 6.07) is 0. The van der Waals surface area contributed by atoms with E-state index in [1.54, 1.807) is 0 Å². The zero-order valence-electron chi connectivity index (χ0n) is 13.0. The third kappa shape index (κ3) is 3.07. The molecule has 2 rings (SSSR count). The van der Waals surface area contributed by atoms with Crippen LogP contribution in [0.5, 0.6) is 0 Å². The van der Waals surface area contributed by atoms with E-state index in [1.165, 1.54) is 19.3 Å². The molecule has 0 aromatic heterocycles. The van der Waals surface area contributed by atoms with Crippen LogP contribution in [0.2, 0.25) is 0 Å². The molecule has 0 fully saturated rings. The van der Waals surface area contributed by atoms with Crippen LogP contribution in [-0.4, -0.2) is 18.0 Å². The van der Waals surface area contributed by atoms with Gasteiger partial charge in [-0.05, 0) is 53.7 Å². The van der Waals surface area contributed by atoms with Gasteiger partial charge in [0, 0.05) is 23.1 Å². The Morgan fingerprint density at radius 2 is 1.95 bits per heavy atom.